The molecule has 30 heavy (non-hydrogen) atoms. The van der Waals surface area contributed by atoms with Crippen molar-refractivity contribution in [2.75, 3.05) is 0 Å². The minimum absolute atomic E-state index is 0.160. The van der Waals surface area contributed by atoms with Crippen molar-refractivity contribution < 1.29 is 27.5 Å². The summed E-state index contributed by atoms with van der Waals surface area (Å²) in [6.07, 6.45) is -4.81. The predicted molar refractivity (Wildman–Crippen MR) is 98.6 cm³/mol. The van der Waals surface area contributed by atoms with E-state index in [1.807, 2.05) is 5.32 Å². The van der Waals surface area contributed by atoms with E-state index < -0.39 is 29.3 Å². The van der Waals surface area contributed by atoms with E-state index in [1.54, 1.807) is 30.3 Å². The van der Waals surface area contributed by atoms with E-state index in [1.165, 1.54) is 16.8 Å². The Kier molecular flexibility index (Phi) is 6.20. The summed E-state index contributed by atoms with van der Waals surface area (Å²) in [5, 5.41) is 12.5. The summed E-state index contributed by atoms with van der Waals surface area (Å²) in [5.41, 5.74) is 5.94. The van der Waals surface area contributed by atoms with Crippen LogP contribution in [0.5, 0.6) is 5.75 Å². The standard InChI is InChI=1S/C17H13F3N6O3S/c18-17(19,20)29-12-8-6-11(7-9-12)26-16(23-24-25-26)30-13(14(27)22-15(21)28)10-4-2-1-3-5-10/h1-9,13H,(H3,21,22,27,28)/t13-/m0/s1. The maximum absolute atomic E-state index is 12.5. The number of primary amides is 1. The fourth-order valence-corrected chi connectivity index (χ4v) is 3.39. The molecule has 0 unspecified atom stereocenters. The summed E-state index contributed by atoms with van der Waals surface area (Å²) >= 11 is 0.930. The third-order valence-electron chi connectivity index (χ3n) is 3.57. The molecule has 0 fully saturated rings. The molecule has 1 heterocycles. The Hall–Kier alpha value is -3.61. The number of urea groups is 1. The number of tetrazole rings is 1. The fraction of sp³-hybridized carbons (Fsp3) is 0.118. The summed E-state index contributed by atoms with van der Waals surface area (Å²) in [7, 11) is 0. The molecule has 156 valence electrons. The molecule has 0 aliphatic rings. The van der Waals surface area contributed by atoms with E-state index in [4.69, 9.17) is 5.73 Å². The molecule has 3 rings (SSSR count). The van der Waals surface area contributed by atoms with Gasteiger partial charge in [0, 0.05) is 0 Å². The number of rotatable bonds is 6. The number of carbonyl (C=O) groups is 2. The first kappa shape index (κ1) is 21.1. The highest BCUT2D eigenvalue weighted by atomic mass is 32.2. The number of carbonyl (C=O) groups excluding carboxylic acids is 2. The number of alkyl halides is 3. The lowest BCUT2D eigenvalue weighted by Crippen LogP contribution is -2.37. The lowest BCUT2D eigenvalue weighted by Gasteiger charge is -2.15. The van der Waals surface area contributed by atoms with Crippen LogP contribution >= 0.6 is 11.8 Å². The lowest BCUT2D eigenvalue weighted by atomic mass is 10.1. The highest BCUT2D eigenvalue weighted by Crippen LogP contribution is 2.35. The topological polar surface area (TPSA) is 125 Å². The van der Waals surface area contributed by atoms with Gasteiger partial charge in [0.05, 0.1) is 5.69 Å². The van der Waals surface area contributed by atoms with E-state index in [0.717, 1.165) is 23.9 Å². The van der Waals surface area contributed by atoms with Gasteiger partial charge in [-0.25, -0.2) is 4.79 Å². The van der Waals surface area contributed by atoms with Crippen molar-refractivity contribution in [1.29, 1.82) is 0 Å². The summed E-state index contributed by atoms with van der Waals surface area (Å²) < 4.78 is 42.0. The van der Waals surface area contributed by atoms with Crippen molar-refractivity contribution in [1.82, 2.24) is 25.5 Å². The molecule has 9 nitrogen and oxygen atoms in total. The number of imide groups is 1. The Balaban J connectivity index is 1.87. The Morgan fingerprint density at radius 2 is 1.77 bits per heavy atom. The first-order valence-corrected chi connectivity index (χ1v) is 9.07. The zero-order valence-electron chi connectivity index (χ0n) is 14.9. The predicted octanol–water partition coefficient (Wildman–Crippen LogP) is 2.59. The molecular weight excluding hydrogens is 425 g/mol. The quantitative estimate of drug-likeness (QED) is 0.567. The number of amides is 3. The van der Waals surface area contributed by atoms with Gasteiger partial charge >= 0.3 is 12.4 Å². The maximum atomic E-state index is 12.5. The zero-order valence-corrected chi connectivity index (χ0v) is 15.7. The van der Waals surface area contributed by atoms with Crippen LogP contribution < -0.4 is 15.8 Å². The van der Waals surface area contributed by atoms with Gasteiger partial charge in [-0.2, -0.15) is 4.68 Å². The van der Waals surface area contributed by atoms with Crippen molar-refractivity contribution in [3.8, 4) is 11.4 Å². The van der Waals surface area contributed by atoms with Gasteiger partial charge in [0.15, 0.2) is 0 Å². The minimum Gasteiger partial charge on any atom is -0.406 e. The number of nitrogens with two attached hydrogens (primary N) is 1. The number of ether oxygens (including phenoxy) is 1. The number of thioether (sulfide) groups is 1. The van der Waals surface area contributed by atoms with E-state index in [2.05, 4.69) is 20.3 Å². The average Bonchev–Trinajstić information content (AvgIpc) is 3.14. The highest BCUT2D eigenvalue weighted by Gasteiger charge is 2.31. The van der Waals surface area contributed by atoms with Gasteiger partial charge in [0.1, 0.15) is 11.0 Å². The van der Waals surface area contributed by atoms with E-state index in [-0.39, 0.29) is 5.16 Å². The van der Waals surface area contributed by atoms with Crippen LogP contribution in [0.1, 0.15) is 10.8 Å². The molecule has 0 saturated heterocycles. The molecule has 0 bridgehead atoms. The summed E-state index contributed by atoms with van der Waals surface area (Å²) in [4.78, 5) is 23.6. The summed E-state index contributed by atoms with van der Waals surface area (Å²) in [5.74, 6) is -1.08. The Morgan fingerprint density at radius 1 is 1.10 bits per heavy atom. The third-order valence-corrected chi connectivity index (χ3v) is 4.75. The number of hydrogen-bond donors (Lipinski definition) is 2. The molecule has 3 aromatic rings. The smallest absolute Gasteiger partial charge is 0.406 e. The van der Waals surface area contributed by atoms with Crippen LogP contribution in [0.2, 0.25) is 0 Å². The van der Waals surface area contributed by atoms with Crippen LogP contribution in [0.25, 0.3) is 5.69 Å². The fourth-order valence-electron chi connectivity index (χ4n) is 2.40. The van der Waals surface area contributed by atoms with Crippen LogP contribution in [-0.2, 0) is 4.79 Å². The van der Waals surface area contributed by atoms with Crippen LogP contribution in [0.4, 0.5) is 18.0 Å². The monoisotopic (exact) mass is 438 g/mol. The summed E-state index contributed by atoms with van der Waals surface area (Å²) in [6, 6.07) is 12.4. The largest absolute Gasteiger partial charge is 0.573 e. The van der Waals surface area contributed by atoms with Gasteiger partial charge in [0.25, 0.3) is 0 Å². The van der Waals surface area contributed by atoms with E-state index in [0.29, 0.717) is 11.3 Å². The van der Waals surface area contributed by atoms with Crippen molar-refractivity contribution in [3.63, 3.8) is 0 Å². The highest BCUT2D eigenvalue weighted by molar-refractivity contribution is 8.00. The van der Waals surface area contributed by atoms with Crippen molar-refractivity contribution in [2.24, 2.45) is 5.73 Å². The second kappa shape index (κ2) is 8.82. The molecular formula is C17H13F3N6O3S. The van der Waals surface area contributed by atoms with Gasteiger partial charge in [-0.15, -0.1) is 18.3 Å². The first-order chi connectivity index (χ1) is 14.2. The normalized spacial score (nSPS) is 12.2. The van der Waals surface area contributed by atoms with Gasteiger partial charge in [0.2, 0.25) is 11.1 Å². The molecule has 3 amide bonds. The van der Waals surface area contributed by atoms with Crippen LogP contribution in [0.15, 0.2) is 59.8 Å². The van der Waals surface area contributed by atoms with E-state index >= 15 is 0 Å². The lowest BCUT2D eigenvalue weighted by molar-refractivity contribution is -0.274. The molecule has 2 aromatic carbocycles. The maximum Gasteiger partial charge on any atom is 0.573 e. The molecule has 0 aliphatic carbocycles. The van der Waals surface area contributed by atoms with Gasteiger partial charge < -0.3 is 10.5 Å². The minimum atomic E-state index is -4.81. The Bertz CT molecular complexity index is 1030. The molecule has 0 spiro atoms. The third kappa shape index (κ3) is 5.47. The molecule has 0 aliphatic heterocycles. The van der Waals surface area contributed by atoms with Crippen LogP contribution in [0, 0.1) is 0 Å². The number of nitrogens with zero attached hydrogens (tertiary/aromatic N) is 4. The molecule has 1 atom stereocenters. The average molecular weight is 438 g/mol. The number of aromatic nitrogens is 4. The molecule has 0 radical (unpaired) electrons. The second-order valence-corrected chi connectivity index (χ2v) is 6.75. The number of benzene rings is 2. The molecule has 3 N–H and O–H groups in total. The van der Waals surface area contributed by atoms with Gasteiger partial charge in [-0.05, 0) is 40.3 Å². The van der Waals surface area contributed by atoms with Crippen LogP contribution in [-0.4, -0.2) is 38.5 Å². The molecule has 13 heteroatoms. The van der Waals surface area contributed by atoms with Gasteiger partial charge in [-0.1, -0.05) is 42.1 Å². The zero-order chi connectivity index (χ0) is 21.7. The second-order valence-electron chi connectivity index (χ2n) is 5.68. The molecule has 1 aromatic heterocycles. The van der Waals surface area contributed by atoms with Crippen molar-refractivity contribution in [2.45, 2.75) is 16.8 Å². The Morgan fingerprint density at radius 3 is 2.37 bits per heavy atom. The van der Waals surface area contributed by atoms with Crippen molar-refractivity contribution >= 4 is 23.7 Å². The first-order valence-electron chi connectivity index (χ1n) is 8.19. The number of hydrogen-bond acceptors (Lipinski definition) is 7. The Labute approximate surface area is 171 Å². The van der Waals surface area contributed by atoms with Gasteiger partial charge in [-0.3, -0.25) is 10.1 Å². The summed E-state index contributed by atoms with van der Waals surface area (Å²) in [6.45, 7) is 0. The van der Waals surface area contributed by atoms with Crippen molar-refractivity contribution in [3.05, 3.63) is 60.2 Å². The molecule has 0 saturated carbocycles. The number of nitrogens with one attached hydrogen (secondary N) is 1. The SMILES string of the molecule is NC(=O)NC(=O)[C@@H](Sc1nnnn1-c1ccc(OC(F)(F)F)cc1)c1ccccc1. The van der Waals surface area contributed by atoms with E-state index in [9.17, 15) is 22.8 Å². The number of halogens is 3. The van der Waals surface area contributed by atoms with Crippen LogP contribution in [0.3, 0.4) is 0 Å².